The van der Waals surface area contributed by atoms with Crippen molar-refractivity contribution in [1.29, 1.82) is 0 Å². The third-order valence-electron chi connectivity index (χ3n) is 17.2. The molecule has 0 aliphatic carbocycles. The van der Waals surface area contributed by atoms with Crippen LogP contribution < -0.4 is 5.32 Å². The molecule has 546 valence electrons. The lowest BCUT2D eigenvalue weighted by atomic mass is 9.97. The summed E-state index contributed by atoms with van der Waals surface area (Å²) in [5.41, 5.74) is 0. The Hall–Kier alpha value is -4.39. The Morgan fingerprint density at radius 2 is 0.729 bits per heavy atom. The van der Waals surface area contributed by atoms with Crippen molar-refractivity contribution in [2.45, 2.75) is 331 Å². The van der Waals surface area contributed by atoms with Gasteiger partial charge in [0, 0.05) is 6.42 Å². The minimum Gasteiger partial charge on any atom is -0.394 e. The number of unbranched alkanes of at least 4 members (excludes halogenated alkanes) is 23. The van der Waals surface area contributed by atoms with E-state index >= 15 is 0 Å². The zero-order chi connectivity index (χ0) is 69.4. The van der Waals surface area contributed by atoms with Gasteiger partial charge in [0.05, 0.1) is 32.0 Å². The van der Waals surface area contributed by atoms with E-state index in [9.17, 15) is 45.6 Å². The standard InChI is InChI=1S/C82H135NO13/c1-3-5-7-9-11-13-15-17-19-21-23-25-26-27-28-29-30-31-32-33-34-35-36-37-38-39-40-41-42-43-44-46-48-50-52-54-56-58-60-62-64-66-74(87)83-70(71(86)65-63-61-59-57-55-53-51-49-47-45-24-22-20-18-16-14-12-10-8-6-4-2)69-93-81-79(92)77(90)80(73(68-85)95-81)96-82-78(91)76(89)75(88)72(67-84)94-82/h5,7,11,13,17,19,23,25,27-28,30-31,33-34,36-37,39-40,42-43,47,49,55,57,63,65,70-73,75-82,84-86,88-92H,3-4,6,8-10,12,14-16,18,20-22,24,26,29,32,35,38,41,44-46,48,50-54,56,58-62,64,66-69H2,1-2H3,(H,83,87)/b7-5-,13-11-,19-17-,25-23-,28-27-,31-30-,34-33-,37-36-,40-39-,43-42-,49-47+,57-55+,65-63+. The molecule has 0 saturated carbocycles. The summed E-state index contributed by atoms with van der Waals surface area (Å²) >= 11 is 0. The number of hydrogen-bond donors (Lipinski definition) is 9. The molecule has 2 heterocycles. The lowest BCUT2D eigenvalue weighted by Gasteiger charge is -2.46. The van der Waals surface area contributed by atoms with Crippen LogP contribution in [0.2, 0.25) is 0 Å². The van der Waals surface area contributed by atoms with Crippen LogP contribution in [0.15, 0.2) is 158 Å². The van der Waals surface area contributed by atoms with Crippen molar-refractivity contribution in [2.24, 2.45) is 0 Å². The molecule has 9 N–H and O–H groups in total. The first kappa shape index (κ1) is 87.7. The Bertz CT molecular complexity index is 2220. The Morgan fingerprint density at radius 1 is 0.385 bits per heavy atom. The molecule has 0 aromatic carbocycles. The van der Waals surface area contributed by atoms with Gasteiger partial charge >= 0.3 is 0 Å². The van der Waals surface area contributed by atoms with Crippen molar-refractivity contribution in [3.05, 3.63) is 158 Å². The molecule has 1 amide bonds. The summed E-state index contributed by atoms with van der Waals surface area (Å²) in [4.78, 5) is 13.3. The number of aliphatic hydroxyl groups is 8. The third-order valence-corrected chi connectivity index (χ3v) is 17.2. The normalized spacial score (nSPS) is 23.2. The van der Waals surface area contributed by atoms with Gasteiger partial charge in [-0.2, -0.15) is 0 Å². The average Bonchev–Trinajstić information content (AvgIpc) is 0.807. The number of amides is 1. The van der Waals surface area contributed by atoms with Crippen LogP contribution in [0, 0.1) is 0 Å². The molecule has 0 aromatic heterocycles. The van der Waals surface area contributed by atoms with E-state index in [1.165, 1.54) is 109 Å². The fourth-order valence-electron chi connectivity index (χ4n) is 11.2. The summed E-state index contributed by atoms with van der Waals surface area (Å²) in [5.74, 6) is -0.263. The van der Waals surface area contributed by atoms with Gasteiger partial charge in [0.15, 0.2) is 12.6 Å². The van der Waals surface area contributed by atoms with Gasteiger partial charge in [-0.05, 0) is 122 Å². The van der Waals surface area contributed by atoms with Gasteiger partial charge in [-0.3, -0.25) is 4.79 Å². The van der Waals surface area contributed by atoms with Crippen LogP contribution in [-0.4, -0.2) is 140 Å². The lowest BCUT2D eigenvalue weighted by molar-refractivity contribution is -0.359. The zero-order valence-corrected chi connectivity index (χ0v) is 59.5. The molecule has 14 nitrogen and oxygen atoms in total. The number of carbonyl (C=O) groups is 1. The Balaban J connectivity index is 1.65. The van der Waals surface area contributed by atoms with E-state index in [1.807, 2.05) is 6.08 Å². The Morgan fingerprint density at radius 3 is 1.15 bits per heavy atom. The maximum atomic E-state index is 13.3. The van der Waals surface area contributed by atoms with Crippen LogP contribution in [0.25, 0.3) is 0 Å². The SMILES string of the molecule is CC/C=C\C/C=C\C/C=C\C/C=C\C/C=C\C/C=C\C/C=C\C/C=C\C/C=C\C/C=C\CCCCCCCCCCCCC(=O)NC(COC1OC(CO)C(OC2OC(CO)C(O)C(O)C2O)C(O)C1O)C(O)/C=C/CC/C=C/CC/C=C/CCCCCCCCCCCCC. The highest BCUT2D eigenvalue weighted by Gasteiger charge is 2.51. The fraction of sp³-hybridized carbons (Fsp3) is 0.671. The second-order valence-corrected chi connectivity index (χ2v) is 25.7. The average molecular weight is 1340 g/mol. The topological polar surface area (TPSA) is 228 Å². The van der Waals surface area contributed by atoms with E-state index in [0.717, 1.165) is 116 Å². The van der Waals surface area contributed by atoms with Crippen molar-refractivity contribution in [1.82, 2.24) is 5.32 Å². The van der Waals surface area contributed by atoms with Crippen molar-refractivity contribution >= 4 is 5.91 Å². The molecule has 2 aliphatic heterocycles. The summed E-state index contributed by atoms with van der Waals surface area (Å²) in [5, 5.41) is 87.5. The van der Waals surface area contributed by atoms with Crippen LogP contribution in [0.5, 0.6) is 0 Å². The number of carbonyl (C=O) groups excluding carboxylic acids is 1. The quantitative estimate of drug-likeness (QED) is 0.0204. The molecule has 0 radical (unpaired) electrons. The molecule has 12 atom stereocenters. The minimum atomic E-state index is -1.80. The van der Waals surface area contributed by atoms with Gasteiger partial charge in [-0.15, -0.1) is 0 Å². The zero-order valence-electron chi connectivity index (χ0n) is 59.5. The minimum absolute atomic E-state index is 0.255. The molecule has 2 rings (SSSR count). The number of allylic oxidation sites excluding steroid dienone is 25. The highest BCUT2D eigenvalue weighted by Crippen LogP contribution is 2.30. The fourth-order valence-corrected chi connectivity index (χ4v) is 11.2. The third kappa shape index (κ3) is 46.8. The van der Waals surface area contributed by atoms with Crippen molar-refractivity contribution in [3.63, 3.8) is 0 Å². The second-order valence-electron chi connectivity index (χ2n) is 25.7. The van der Waals surface area contributed by atoms with Crippen LogP contribution >= 0.6 is 0 Å². The van der Waals surface area contributed by atoms with E-state index in [1.54, 1.807) is 6.08 Å². The highest BCUT2D eigenvalue weighted by atomic mass is 16.7. The number of ether oxygens (including phenoxy) is 4. The van der Waals surface area contributed by atoms with Gasteiger partial charge in [0.25, 0.3) is 0 Å². The first-order valence-corrected chi connectivity index (χ1v) is 37.7. The number of hydrogen-bond acceptors (Lipinski definition) is 13. The first-order chi connectivity index (χ1) is 47.1. The summed E-state index contributed by atoms with van der Waals surface area (Å²) < 4.78 is 22.8. The predicted octanol–water partition coefficient (Wildman–Crippen LogP) is 16.6. The van der Waals surface area contributed by atoms with Crippen LogP contribution in [0.3, 0.4) is 0 Å². The molecular weight excluding hydrogens is 1210 g/mol. The van der Waals surface area contributed by atoms with Gasteiger partial charge in [0.1, 0.15) is 48.8 Å². The van der Waals surface area contributed by atoms with Gasteiger partial charge < -0.3 is 65.1 Å². The van der Waals surface area contributed by atoms with Gasteiger partial charge in [-0.25, -0.2) is 0 Å². The summed E-state index contributed by atoms with van der Waals surface area (Å²) in [6.07, 6.45) is 81.6. The number of nitrogens with one attached hydrogen (secondary N) is 1. The number of rotatable bonds is 60. The molecule has 96 heavy (non-hydrogen) atoms. The predicted molar refractivity (Wildman–Crippen MR) is 396 cm³/mol. The summed E-state index contributed by atoms with van der Waals surface area (Å²) in [6.45, 7) is 2.66. The number of aliphatic hydroxyl groups excluding tert-OH is 8. The molecule has 2 saturated heterocycles. The van der Waals surface area contributed by atoms with Crippen molar-refractivity contribution in [3.8, 4) is 0 Å². The van der Waals surface area contributed by atoms with Crippen LogP contribution in [-0.2, 0) is 23.7 Å². The van der Waals surface area contributed by atoms with E-state index in [4.69, 9.17) is 18.9 Å². The molecule has 0 spiro atoms. The first-order valence-electron chi connectivity index (χ1n) is 37.7. The molecular formula is C82H135NO13. The van der Waals surface area contributed by atoms with Crippen LogP contribution in [0.4, 0.5) is 0 Å². The monoisotopic (exact) mass is 1340 g/mol. The van der Waals surface area contributed by atoms with E-state index < -0.39 is 86.8 Å². The summed E-state index contributed by atoms with van der Waals surface area (Å²) in [7, 11) is 0. The maximum absolute atomic E-state index is 13.3. The Labute approximate surface area is 582 Å². The largest absolute Gasteiger partial charge is 0.394 e. The smallest absolute Gasteiger partial charge is 0.220 e. The molecule has 2 fully saturated rings. The van der Waals surface area contributed by atoms with Gasteiger partial charge in [-0.1, -0.05) is 287 Å². The lowest BCUT2D eigenvalue weighted by Crippen LogP contribution is -2.65. The van der Waals surface area contributed by atoms with Crippen molar-refractivity contribution < 1.29 is 64.6 Å². The van der Waals surface area contributed by atoms with E-state index in [2.05, 4.69) is 165 Å². The molecule has 14 heteroatoms. The second kappa shape index (κ2) is 64.0. The highest BCUT2D eigenvalue weighted by molar-refractivity contribution is 5.76. The molecule has 0 aromatic rings. The molecule has 2 aliphatic rings. The van der Waals surface area contributed by atoms with Gasteiger partial charge in [0.2, 0.25) is 5.91 Å². The summed E-state index contributed by atoms with van der Waals surface area (Å²) in [6, 6.07) is -0.952. The molecule has 12 unspecified atom stereocenters. The van der Waals surface area contributed by atoms with E-state index in [-0.39, 0.29) is 18.9 Å². The molecule has 0 bridgehead atoms. The maximum Gasteiger partial charge on any atom is 0.220 e. The van der Waals surface area contributed by atoms with Crippen LogP contribution in [0.1, 0.15) is 258 Å². The van der Waals surface area contributed by atoms with Crippen molar-refractivity contribution in [2.75, 3.05) is 19.8 Å². The Kier molecular flexibility index (Phi) is 58.5. The van der Waals surface area contributed by atoms with E-state index in [0.29, 0.717) is 12.8 Å².